The van der Waals surface area contributed by atoms with E-state index >= 15 is 0 Å². The van der Waals surface area contributed by atoms with Crippen molar-refractivity contribution in [3.63, 3.8) is 0 Å². The lowest BCUT2D eigenvalue weighted by atomic mass is 10.2. The van der Waals surface area contributed by atoms with Crippen molar-refractivity contribution in [1.29, 1.82) is 0 Å². The summed E-state index contributed by atoms with van der Waals surface area (Å²) >= 11 is 0.801. The first-order valence-electron chi connectivity index (χ1n) is 9.34. The fourth-order valence-corrected chi connectivity index (χ4v) is 3.66. The lowest BCUT2D eigenvalue weighted by Crippen LogP contribution is -2.36. The Hall–Kier alpha value is -3.26. The maximum Gasteiger partial charge on any atom is 0.294 e. The molecule has 1 aliphatic rings. The van der Waals surface area contributed by atoms with Crippen LogP contribution in [0.25, 0.3) is 6.08 Å². The first kappa shape index (κ1) is 21.4. The summed E-state index contributed by atoms with van der Waals surface area (Å²) in [6.45, 7) is 3.97. The van der Waals surface area contributed by atoms with Gasteiger partial charge in [0, 0.05) is 5.69 Å². The molecule has 1 heterocycles. The Morgan fingerprint density at radius 1 is 1.13 bits per heavy atom. The van der Waals surface area contributed by atoms with Gasteiger partial charge < -0.3 is 14.8 Å². The number of hydrogen-bond acceptors (Lipinski definition) is 6. The standard InChI is InChI=1S/C22H22N2O5S/c1-4-29-17-10-7-15(11-18(17)28-3)12-19-21(26)24(22(27)30-19)13-20(25)23-16-8-5-14(2)6-9-16/h5-12H,4,13H2,1-3H3,(H,23,25). The predicted molar refractivity (Wildman–Crippen MR) is 117 cm³/mol. The van der Waals surface area contributed by atoms with Crippen LogP contribution in [0.5, 0.6) is 11.5 Å². The zero-order valence-electron chi connectivity index (χ0n) is 16.9. The van der Waals surface area contributed by atoms with Gasteiger partial charge in [0.25, 0.3) is 11.1 Å². The topological polar surface area (TPSA) is 84.9 Å². The number of imide groups is 1. The number of carbonyl (C=O) groups excluding carboxylic acids is 3. The summed E-state index contributed by atoms with van der Waals surface area (Å²) in [6, 6.07) is 12.5. The second kappa shape index (κ2) is 9.49. The van der Waals surface area contributed by atoms with Gasteiger partial charge in [-0.25, -0.2) is 0 Å². The zero-order chi connectivity index (χ0) is 21.7. The molecular weight excluding hydrogens is 404 g/mol. The zero-order valence-corrected chi connectivity index (χ0v) is 17.7. The average molecular weight is 426 g/mol. The Morgan fingerprint density at radius 3 is 2.53 bits per heavy atom. The van der Waals surface area contributed by atoms with E-state index in [-0.39, 0.29) is 11.4 Å². The molecule has 0 aromatic heterocycles. The van der Waals surface area contributed by atoms with Crippen LogP contribution in [-0.2, 0) is 9.59 Å². The molecule has 8 heteroatoms. The van der Waals surface area contributed by atoms with Gasteiger partial charge in [-0.3, -0.25) is 19.3 Å². The van der Waals surface area contributed by atoms with Crippen LogP contribution in [0.4, 0.5) is 10.5 Å². The molecule has 0 aliphatic carbocycles. The third-order valence-corrected chi connectivity index (χ3v) is 5.20. The minimum atomic E-state index is -0.503. The van der Waals surface area contributed by atoms with E-state index in [4.69, 9.17) is 9.47 Å². The van der Waals surface area contributed by atoms with Crippen molar-refractivity contribution >= 4 is 40.6 Å². The summed E-state index contributed by atoms with van der Waals surface area (Å²) in [5.74, 6) is 0.183. The number of nitrogens with one attached hydrogen (secondary N) is 1. The fraction of sp³-hybridized carbons (Fsp3) is 0.227. The van der Waals surface area contributed by atoms with E-state index in [0.29, 0.717) is 29.4 Å². The van der Waals surface area contributed by atoms with Crippen LogP contribution >= 0.6 is 11.8 Å². The summed E-state index contributed by atoms with van der Waals surface area (Å²) in [5, 5.41) is 2.21. The Labute approximate surface area is 179 Å². The van der Waals surface area contributed by atoms with E-state index in [1.165, 1.54) is 7.11 Å². The second-order valence-corrected chi connectivity index (χ2v) is 7.52. The van der Waals surface area contributed by atoms with E-state index < -0.39 is 17.1 Å². The van der Waals surface area contributed by atoms with Crippen LogP contribution in [0.15, 0.2) is 47.4 Å². The highest BCUT2D eigenvalue weighted by molar-refractivity contribution is 8.18. The number of anilines is 1. The Kier molecular flexibility index (Phi) is 6.79. The molecule has 0 saturated carbocycles. The monoisotopic (exact) mass is 426 g/mol. The molecule has 0 bridgehead atoms. The third kappa shape index (κ3) is 5.01. The fourth-order valence-electron chi connectivity index (χ4n) is 2.82. The Balaban J connectivity index is 1.71. The smallest absolute Gasteiger partial charge is 0.294 e. The third-order valence-electron chi connectivity index (χ3n) is 4.30. The lowest BCUT2D eigenvalue weighted by molar-refractivity contribution is -0.127. The Morgan fingerprint density at radius 2 is 1.87 bits per heavy atom. The van der Waals surface area contributed by atoms with Crippen molar-refractivity contribution < 1.29 is 23.9 Å². The number of carbonyl (C=O) groups is 3. The highest BCUT2D eigenvalue weighted by atomic mass is 32.2. The SMILES string of the molecule is CCOc1ccc(C=C2SC(=O)N(CC(=O)Nc3ccc(C)cc3)C2=O)cc1OC. The number of hydrogen-bond donors (Lipinski definition) is 1. The summed E-state index contributed by atoms with van der Waals surface area (Å²) in [4.78, 5) is 38.4. The van der Waals surface area contributed by atoms with Gasteiger partial charge in [0.2, 0.25) is 5.91 Å². The number of rotatable bonds is 7. The molecule has 30 heavy (non-hydrogen) atoms. The summed E-state index contributed by atoms with van der Waals surface area (Å²) in [5.41, 5.74) is 2.36. The minimum absolute atomic E-state index is 0.245. The molecule has 1 aliphatic heterocycles. The minimum Gasteiger partial charge on any atom is -0.493 e. The second-order valence-electron chi connectivity index (χ2n) is 6.53. The van der Waals surface area contributed by atoms with Crippen LogP contribution in [0, 0.1) is 6.92 Å². The summed E-state index contributed by atoms with van der Waals surface area (Å²) < 4.78 is 10.8. The highest BCUT2D eigenvalue weighted by Crippen LogP contribution is 2.34. The lowest BCUT2D eigenvalue weighted by Gasteiger charge is -2.12. The summed E-state index contributed by atoms with van der Waals surface area (Å²) in [7, 11) is 1.53. The normalized spacial score (nSPS) is 14.9. The van der Waals surface area contributed by atoms with Crippen LogP contribution in [0.1, 0.15) is 18.1 Å². The van der Waals surface area contributed by atoms with E-state index in [2.05, 4.69) is 5.32 Å². The highest BCUT2D eigenvalue weighted by Gasteiger charge is 2.36. The Bertz CT molecular complexity index is 1000. The molecule has 3 rings (SSSR count). The van der Waals surface area contributed by atoms with E-state index in [9.17, 15) is 14.4 Å². The van der Waals surface area contributed by atoms with Crippen LogP contribution in [-0.4, -0.2) is 42.2 Å². The molecule has 2 aromatic rings. The molecule has 0 unspecified atom stereocenters. The average Bonchev–Trinajstić information content (AvgIpc) is 2.98. The van der Waals surface area contributed by atoms with Gasteiger partial charge in [0.05, 0.1) is 18.6 Å². The predicted octanol–water partition coefficient (Wildman–Crippen LogP) is 4.08. The van der Waals surface area contributed by atoms with Crippen molar-refractivity contribution in [1.82, 2.24) is 4.90 Å². The first-order valence-corrected chi connectivity index (χ1v) is 10.2. The molecule has 3 amide bonds. The molecule has 156 valence electrons. The quantitative estimate of drug-likeness (QED) is 0.672. The van der Waals surface area contributed by atoms with Gasteiger partial charge in [-0.05, 0) is 61.5 Å². The van der Waals surface area contributed by atoms with Gasteiger partial charge >= 0.3 is 0 Å². The molecule has 1 N–H and O–H groups in total. The first-order chi connectivity index (χ1) is 14.4. The number of methoxy groups -OCH3 is 1. The molecule has 0 radical (unpaired) electrons. The van der Waals surface area contributed by atoms with Crippen molar-refractivity contribution in [2.45, 2.75) is 13.8 Å². The summed E-state index contributed by atoms with van der Waals surface area (Å²) in [6.07, 6.45) is 1.60. The van der Waals surface area contributed by atoms with Crippen LogP contribution < -0.4 is 14.8 Å². The molecule has 7 nitrogen and oxygen atoms in total. The molecular formula is C22H22N2O5S. The van der Waals surface area contributed by atoms with Gasteiger partial charge in [-0.2, -0.15) is 0 Å². The largest absolute Gasteiger partial charge is 0.493 e. The van der Waals surface area contributed by atoms with Crippen molar-refractivity contribution in [2.75, 3.05) is 25.6 Å². The van der Waals surface area contributed by atoms with E-state index in [1.54, 1.807) is 36.4 Å². The van der Waals surface area contributed by atoms with Crippen molar-refractivity contribution in [3.05, 3.63) is 58.5 Å². The molecule has 1 fully saturated rings. The molecule has 0 spiro atoms. The number of amides is 3. The van der Waals surface area contributed by atoms with Gasteiger partial charge in [0.15, 0.2) is 11.5 Å². The van der Waals surface area contributed by atoms with E-state index in [0.717, 1.165) is 22.2 Å². The molecule has 1 saturated heterocycles. The number of ether oxygens (including phenoxy) is 2. The number of aryl methyl sites for hydroxylation is 1. The molecule has 0 atom stereocenters. The number of nitrogens with zero attached hydrogens (tertiary/aromatic N) is 1. The maximum atomic E-state index is 12.7. The number of benzene rings is 2. The van der Waals surface area contributed by atoms with E-state index in [1.807, 2.05) is 26.0 Å². The van der Waals surface area contributed by atoms with Crippen molar-refractivity contribution in [3.8, 4) is 11.5 Å². The van der Waals surface area contributed by atoms with Crippen LogP contribution in [0.2, 0.25) is 0 Å². The number of thioether (sulfide) groups is 1. The molecule has 2 aromatic carbocycles. The maximum absolute atomic E-state index is 12.7. The van der Waals surface area contributed by atoms with Gasteiger partial charge in [-0.1, -0.05) is 23.8 Å². The van der Waals surface area contributed by atoms with Gasteiger partial charge in [0.1, 0.15) is 6.54 Å². The van der Waals surface area contributed by atoms with Gasteiger partial charge in [-0.15, -0.1) is 0 Å². The van der Waals surface area contributed by atoms with Crippen molar-refractivity contribution in [2.24, 2.45) is 0 Å². The van der Waals surface area contributed by atoms with Crippen LogP contribution in [0.3, 0.4) is 0 Å².